The number of nitrogens with zero attached hydrogens (tertiary/aromatic N) is 2. The standard InChI is InChI=1S/C21H17ClF2N4O2S2/c1-2-9-32(29,30)28-17-8-7-16(23)19(18(17)24)31-21-15-10-13(11-25-20(15)26-27-21)12-3-5-14(22)6-4-12/h3-8,10-11,28H,2,9H2,1H3,(H,25,26,27). The molecule has 32 heavy (non-hydrogen) atoms. The van der Waals surface area contributed by atoms with E-state index in [0.29, 0.717) is 27.5 Å². The zero-order chi connectivity index (χ0) is 22.9. The van der Waals surface area contributed by atoms with Crippen molar-refractivity contribution in [3.63, 3.8) is 0 Å². The van der Waals surface area contributed by atoms with Crippen LogP contribution in [0.25, 0.3) is 22.2 Å². The summed E-state index contributed by atoms with van der Waals surface area (Å²) in [7, 11) is -3.74. The lowest BCUT2D eigenvalue weighted by Gasteiger charge is -2.11. The summed E-state index contributed by atoms with van der Waals surface area (Å²) < 4.78 is 55.7. The summed E-state index contributed by atoms with van der Waals surface area (Å²) >= 11 is 6.69. The molecule has 0 aliphatic heterocycles. The van der Waals surface area contributed by atoms with Crippen molar-refractivity contribution in [2.75, 3.05) is 10.5 Å². The van der Waals surface area contributed by atoms with E-state index in [-0.39, 0.29) is 16.3 Å². The molecule has 4 aromatic rings. The molecule has 0 saturated heterocycles. The fourth-order valence-electron chi connectivity index (χ4n) is 3.05. The third-order valence-corrected chi connectivity index (χ3v) is 7.36. The van der Waals surface area contributed by atoms with Crippen LogP contribution in [0.1, 0.15) is 13.3 Å². The number of benzene rings is 2. The molecule has 2 aromatic heterocycles. The highest BCUT2D eigenvalue weighted by molar-refractivity contribution is 7.99. The van der Waals surface area contributed by atoms with Crippen molar-refractivity contribution in [1.29, 1.82) is 0 Å². The molecule has 0 aliphatic rings. The molecule has 4 rings (SSSR count). The number of nitrogens with one attached hydrogen (secondary N) is 2. The van der Waals surface area contributed by atoms with Crippen LogP contribution in [0, 0.1) is 11.6 Å². The summed E-state index contributed by atoms with van der Waals surface area (Å²) in [6, 6.07) is 11.1. The second-order valence-electron chi connectivity index (χ2n) is 6.92. The second-order valence-corrected chi connectivity index (χ2v) is 10.2. The van der Waals surface area contributed by atoms with Crippen LogP contribution in [0.5, 0.6) is 0 Å². The Kier molecular flexibility index (Phi) is 6.36. The average Bonchev–Trinajstić information content (AvgIpc) is 3.15. The van der Waals surface area contributed by atoms with Crippen LogP contribution < -0.4 is 4.72 Å². The Morgan fingerprint density at radius 1 is 1.12 bits per heavy atom. The Balaban J connectivity index is 1.71. The first kappa shape index (κ1) is 22.5. The van der Waals surface area contributed by atoms with Crippen molar-refractivity contribution >= 4 is 50.1 Å². The van der Waals surface area contributed by atoms with Gasteiger partial charge >= 0.3 is 0 Å². The fraction of sp³-hybridized carbons (Fsp3) is 0.143. The number of fused-ring (bicyclic) bond motifs is 1. The largest absolute Gasteiger partial charge is 0.281 e. The molecule has 0 spiro atoms. The molecule has 2 aromatic carbocycles. The topological polar surface area (TPSA) is 87.7 Å². The minimum Gasteiger partial charge on any atom is -0.281 e. The molecule has 2 heterocycles. The number of hydrogen-bond acceptors (Lipinski definition) is 5. The summed E-state index contributed by atoms with van der Waals surface area (Å²) in [5.41, 5.74) is 1.78. The van der Waals surface area contributed by atoms with Gasteiger partial charge in [-0.2, -0.15) is 5.10 Å². The number of aromatic nitrogens is 3. The van der Waals surface area contributed by atoms with E-state index < -0.39 is 21.7 Å². The summed E-state index contributed by atoms with van der Waals surface area (Å²) in [6.07, 6.45) is 2.02. The molecule has 11 heteroatoms. The van der Waals surface area contributed by atoms with Gasteiger partial charge in [0.1, 0.15) is 10.8 Å². The van der Waals surface area contributed by atoms with Crippen LogP contribution in [0.15, 0.2) is 58.6 Å². The molecule has 2 N–H and O–H groups in total. The van der Waals surface area contributed by atoms with E-state index in [1.165, 1.54) is 0 Å². The van der Waals surface area contributed by atoms with Crippen LogP contribution >= 0.6 is 23.4 Å². The fourth-order valence-corrected chi connectivity index (χ4v) is 5.22. The first-order chi connectivity index (χ1) is 15.3. The van der Waals surface area contributed by atoms with E-state index in [1.54, 1.807) is 31.3 Å². The quantitative estimate of drug-likeness (QED) is 0.336. The van der Waals surface area contributed by atoms with Gasteiger partial charge in [-0.25, -0.2) is 22.2 Å². The van der Waals surface area contributed by atoms with Crippen LogP contribution in [0.3, 0.4) is 0 Å². The minimum atomic E-state index is -3.74. The highest BCUT2D eigenvalue weighted by Crippen LogP contribution is 2.38. The van der Waals surface area contributed by atoms with Gasteiger partial charge in [0.25, 0.3) is 0 Å². The zero-order valence-corrected chi connectivity index (χ0v) is 19.1. The van der Waals surface area contributed by atoms with Gasteiger partial charge in [-0.05, 0) is 42.3 Å². The van der Waals surface area contributed by atoms with E-state index in [4.69, 9.17) is 11.6 Å². The Bertz CT molecular complexity index is 1390. The molecule has 0 amide bonds. The van der Waals surface area contributed by atoms with Gasteiger partial charge in [-0.15, -0.1) is 0 Å². The predicted octanol–water partition coefficient (Wildman–Crippen LogP) is 5.86. The Morgan fingerprint density at radius 3 is 2.59 bits per heavy atom. The number of rotatable bonds is 7. The van der Waals surface area contributed by atoms with Gasteiger partial charge in [0.15, 0.2) is 11.5 Å². The Labute approximate surface area is 192 Å². The molecule has 0 radical (unpaired) electrons. The van der Waals surface area contributed by atoms with Crippen LogP contribution in [-0.2, 0) is 10.0 Å². The summed E-state index contributed by atoms with van der Waals surface area (Å²) in [5.74, 6) is -2.01. The molecular weight excluding hydrogens is 478 g/mol. The molecule has 0 aliphatic carbocycles. The van der Waals surface area contributed by atoms with E-state index in [0.717, 1.165) is 35.0 Å². The summed E-state index contributed by atoms with van der Waals surface area (Å²) in [6.45, 7) is 1.69. The number of sulfonamides is 1. The van der Waals surface area contributed by atoms with Crippen molar-refractivity contribution in [2.45, 2.75) is 23.3 Å². The summed E-state index contributed by atoms with van der Waals surface area (Å²) in [4.78, 5) is 3.96. The monoisotopic (exact) mass is 494 g/mol. The third kappa shape index (κ3) is 4.72. The van der Waals surface area contributed by atoms with E-state index >= 15 is 4.39 Å². The Hall–Kier alpha value is -2.69. The molecule has 0 unspecified atom stereocenters. The molecule has 0 bridgehead atoms. The van der Waals surface area contributed by atoms with Crippen molar-refractivity contribution in [2.24, 2.45) is 0 Å². The number of aromatic amines is 1. The molecule has 0 fully saturated rings. The third-order valence-electron chi connectivity index (χ3n) is 4.55. The predicted molar refractivity (Wildman–Crippen MR) is 123 cm³/mol. The van der Waals surface area contributed by atoms with Crippen molar-refractivity contribution in [1.82, 2.24) is 15.2 Å². The lowest BCUT2D eigenvalue weighted by Crippen LogP contribution is -2.17. The van der Waals surface area contributed by atoms with Gasteiger partial charge in [0.05, 0.1) is 21.7 Å². The van der Waals surface area contributed by atoms with Crippen LogP contribution in [0.2, 0.25) is 5.02 Å². The molecule has 0 saturated carbocycles. The maximum atomic E-state index is 15.0. The minimum absolute atomic E-state index is 0.171. The van der Waals surface area contributed by atoms with E-state index in [2.05, 4.69) is 19.9 Å². The first-order valence-electron chi connectivity index (χ1n) is 9.54. The van der Waals surface area contributed by atoms with Gasteiger partial charge in [-0.3, -0.25) is 9.82 Å². The lowest BCUT2D eigenvalue weighted by atomic mass is 10.1. The molecule has 0 atom stereocenters. The van der Waals surface area contributed by atoms with Gasteiger partial charge in [0.2, 0.25) is 10.0 Å². The smallest absolute Gasteiger partial charge is 0.232 e. The van der Waals surface area contributed by atoms with Gasteiger partial charge < -0.3 is 0 Å². The summed E-state index contributed by atoms with van der Waals surface area (Å²) in [5, 5.41) is 8.35. The number of pyridine rings is 1. The van der Waals surface area contributed by atoms with Crippen molar-refractivity contribution in [3.05, 3.63) is 65.3 Å². The van der Waals surface area contributed by atoms with Gasteiger partial charge in [0, 0.05) is 16.8 Å². The highest BCUT2D eigenvalue weighted by Gasteiger charge is 2.21. The van der Waals surface area contributed by atoms with Crippen LogP contribution in [-0.4, -0.2) is 29.4 Å². The number of anilines is 1. The maximum Gasteiger partial charge on any atom is 0.232 e. The number of H-pyrrole nitrogens is 1. The second kappa shape index (κ2) is 9.05. The lowest BCUT2D eigenvalue weighted by molar-refractivity contribution is 0.542. The highest BCUT2D eigenvalue weighted by atomic mass is 35.5. The van der Waals surface area contributed by atoms with Crippen molar-refractivity contribution < 1.29 is 17.2 Å². The molecule has 6 nitrogen and oxygen atoms in total. The average molecular weight is 495 g/mol. The molecule has 166 valence electrons. The normalized spacial score (nSPS) is 11.8. The molecular formula is C21H17ClF2N4O2S2. The number of hydrogen-bond donors (Lipinski definition) is 2. The maximum absolute atomic E-state index is 15.0. The van der Waals surface area contributed by atoms with E-state index in [1.807, 2.05) is 12.1 Å². The SMILES string of the molecule is CCCS(=O)(=O)Nc1ccc(F)c(Sc2n[nH]c3ncc(-c4ccc(Cl)cc4)cc23)c1F. The van der Waals surface area contributed by atoms with Crippen molar-refractivity contribution in [3.8, 4) is 11.1 Å². The first-order valence-corrected chi connectivity index (χ1v) is 12.4. The van der Waals surface area contributed by atoms with Gasteiger partial charge in [-0.1, -0.05) is 42.4 Å². The number of halogens is 3. The Morgan fingerprint density at radius 2 is 1.88 bits per heavy atom. The van der Waals surface area contributed by atoms with E-state index in [9.17, 15) is 12.8 Å². The van der Waals surface area contributed by atoms with Crippen LogP contribution in [0.4, 0.5) is 14.5 Å². The zero-order valence-electron chi connectivity index (χ0n) is 16.7.